The van der Waals surface area contributed by atoms with E-state index >= 15 is 0 Å². The van der Waals surface area contributed by atoms with Crippen molar-refractivity contribution in [1.82, 2.24) is 0 Å². The molecule has 0 aromatic carbocycles. The topological polar surface area (TPSA) is 26.0 Å². The summed E-state index contributed by atoms with van der Waals surface area (Å²) in [6, 6.07) is 0. The largest absolute Gasteiger partial charge is 0.325 e. The van der Waals surface area contributed by atoms with Crippen LogP contribution in [0.15, 0.2) is 0 Å². The Morgan fingerprint density at radius 2 is 1.58 bits per heavy atom. The van der Waals surface area contributed by atoms with Gasteiger partial charge in [-0.2, -0.15) is 0 Å². The molecular formula is C11H23N. The number of hydrogen-bond donors (Lipinski definition) is 1. The lowest BCUT2D eigenvalue weighted by Gasteiger charge is -2.40. The van der Waals surface area contributed by atoms with Crippen LogP contribution in [0, 0.1) is 11.3 Å². The molecule has 1 nitrogen and oxygen atoms in total. The molecule has 0 bridgehead atoms. The van der Waals surface area contributed by atoms with Gasteiger partial charge in [0.1, 0.15) is 0 Å². The molecule has 0 amide bonds. The minimum Gasteiger partial charge on any atom is -0.325 e. The van der Waals surface area contributed by atoms with Crippen LogP contribution in [0.3, 0.4) is 0 Å². The minimum absolute atomic E-state index is 0.0382. The highest BCUT2D eigenvalue weighted by Crippen LogP contribution is 2.41. The summed E-state index contributed by atoms with van der Waals surface area (Å²) in [4.78, 5) is 0. The van der Waals surface area contributed by atoms with Crippen molar-refractivity contribution in [2.24, 2.45) is 17.1 Å². The van der Waals surface area contributed by atoms with E-state index in [0.29, 0.717) is 5.41 Å². The summed E-state index contributed by atoms with van der Waals surface area (Å²) in [5.74, 6) is 0.741. The van der Waals surface area contributed by atoms with E-state index in [-0.39, 0.29) is 5.54 Å². The first-order valence-electron chi connectivity index (χ1n) is 5.10. The lowest BCUT2D eigenvalue weighted by Crippen LogP contribution is -2.43. The zero-order valence-corrected chi connectivity index (χ0v) is 8.98. The normalized spacial score (nSPS) is 25.8. The zero-order chi connectivity index (χ0) is 9.41. The zero-order valence-electron chi connectivity index (χ0n) is 8.98. The fraction of sp³-hybridized carbons (Fsp3) is 1.00. The van der Waals surface area contributed by atoms with Gasteiger partial charge >= 0.3 is 0 Å². The van der Waals surface area contributed by atoms with Gasteiger partial charge in [-0.3, -0.25) is 0 Å². The second-order valence-electron chi connectivity index (χ2n) is 5.76. The smallest absolute Gasteiger partial charge is 0.0125 e. The van der Waals surface area contributed by atoms with Crippen molar-refractivity contribution < 1.29 is 0 Å². The van der Waals surface area contributed by atoms with Gasteiger partial charge in [0.2, 0.25) is 0 Å². The third-order valence-electron chi connectivity index (χ3n) is 3.39. The molecule has 0 aromatic rings. The van der Waals surface area contributed by atoms with E-state index in [2.05, 4.69) is 27.7 Å². The molecule has 1 aliphatic carbocycles. The van der Waals surface area contributed by atoms with Gasteiger partial charge in [-0.1, -0.05) is 13.8 Å². The van der Waals surface area contributed by atoms with E-state index in [4.69, 9.17) is 5.73 Å². The highest BCUT2D eigenvalue weighted by molar-refractivity contribution is 4.88. The van der Waals surface area contributed by atoms with Crippen LogP contribution >= 0.6 is 0 Å². The van der Waals surface area contributed by atoms with Crippen molar-refractivity contribution in [3.63, 3.8) is 0 Å². The second-order valence-corrected chi connectivity index (χ2v) is 5.76. The summed E-state index contributed by atoms with van der Waals surface area (Å²) in [6.07, 6.45) is 5.32. The average molecular weight is 169 g/mol. The van der Waals surface area contributed by atoms with Gasteiger partial charge in [0.25, 0.3) is 0 Å². The molecule has 0 atom stereocenters. The van der Waals surface area contributed by atoms with E-state index in [1.165, 1.54) is 25.7 Å². The Labute approximate surface area is 76.7 Å². The molecule has 0 unspecified atom stereocenters. The summed E-state index contributed by atoms with van der Waals surface area (Å²) in [5.41, 5.74) is 6.71. The predicted molar refractivity (Wildman–Crippen MR) is 54.0 cm³/mol. The molecule has 0 aromatic heterocycles. The van der Waals surface area contributed by atoms with Crippen molar-refractivity contribution in [3.8, 4) is 0 Å². The molecule has 0 heterocycles. The average Bonchev–Trinajstić information content (AvgIpc) is 1.83. The van der Waals surface area contributed by atoms with Gasteiger partial charge in [0, 0.05) is 5.54 Å². The summed E-state index contributed by atoms with van der Waals surface area (Å²) < 4.78 is 0. The van der Waals surface area contributed by atoms with E-state index in [0.717, 1.165) is 5.92 Å². The van der Waals surface area contributed by atoms with Crippen molar-refractivity contribution >= 4 is 0 Å². The number of nitrogens with two attached hydrogens (primary N) is 1. The maximum Gasteiger partial charge on any atom is 0.0125 e. The van der Waals surface area contributed by atoms with Crippen LogP contribution in [0.1, 0.15) is 53.4 Å². The number of rotatable bonds is 1. The molecule has 1 heteroatoms. The van der Waals surface area contributed by atoms with E-state index in [1.807, 2.05) is 0 Å². The van der Waals surface area contributed by atoms with E-state index < -0.39 is 0 Å². The molecule has 2 N–H and O–H groups in total. The van der Waals surface area contributed by atoms with Crippen LogP contribution in [-0.4, -0.2) is 5.54 Å². The van der Waals surface area contributed by atoms with Crippen molar-refractivity contribution in [2.45, 2.75) is 58.9 Å². The summed E-state index contributed by atoms with van der Waals surface area (Å²) in [5, 5.41) is 0. The maximum absolute atomic E-state index is 6.10. The Bertz CT molecular complexity index is 143. The highest BCUT2D eigenvalue weighted by Gasteiger charge is 2.33. The van der Waals surface area contributed by atoms with Crippen LogP contribution < -0.4 is 5.73 Å². The molecule has 0 saturated heterocycles. The summed E-state index contributed by atoms with van der Waals surface area (Å²) in [7, 11) is 0. The number of hydrogen-bond acceptors (Lipinski definition) is 1. The first-order valence-corrected chi connectivity index (χ1v) is 5.10. The lowest BCUT2D eigenvalue weighted by atomic mass is 9.68. The quantitative estimate of drug-likeness (QED) is 0.641. The Kier molecular flexibility index (Phi) is 2.53. The molecule has 0 radical (unpaired) electrons. The van der Waals surface area contributed by atoms with Gasteiger partial charge < -0.3 is 5.73 Å². The Balaban J connectivity index is 2.47. The van der Waals surface area contributed by atoms with E-state index in [9.17, 15) is 0 Å². The van der Waals surface area contributed by atoms with Gasteiger partial charge in [-0.25, -0.2) is 0 Å². The fourth-order valence-electron chi connectivity index (χ4n) is 2.14. The van der Waals surface area contributed by atoms with Gasteiger partial charge in [0.15, 0.2) is 0 Å². The van der Waals surface area contributed by atoms with Gasteiger partial charge in [-0.05, 0) is 50.9 Å². The minimum atomic E-state index is 0.0382. The monoisotopic (exact) mass is 169 g/mol. The molecule has 1 rings (SSSR count). The van der Waals surface area contributed by atoms with Crippen molar-refractivity contribution in [2.75, 3.05) is 0 Å². The van der Waals surface area contributed by atoms with Crippen molar-refractivity contribution in [1.29, 1.82) is 0 Å². The molecule has 0 spiro atoms. The molecule has 72 valence electrons. The van der Waals surface area contributed by atoms with Crippen LogP contribution in [0.4, 0.5) is 0 Å². The Morgan fingerprint density at radius 1 is 1.17 bits per heavy atom. The Morgan fingerprint density at radius 3 is 1.92 bits per heavy atom. The second kappa shape index (κ2) is 3.02. The predicted octanol–water partition coefficient (Wildman–Crippen LogP) is 2.94. The van der Waals surface area contributed by atoms with Gasteiger partial charge in [-0.15, -0.1) is 0 Å². The first kappa shape index (κ1) is 10.0. The lowest BCUT2D eigenvalue weighted by molar-refractivity contribution is 0.145. The van der Waals surface area contributed by atoms with Crippen LogP contribution in [0.5, 0.6) is 0 Å². The van der Waals surface area contributed by atoms with Crippen LogP contribution in [0.25, 0.3) is 0 Å². The SMILES string of the molecule is CC1(C)CCC(C(C)(C)N)CC1. The standard InChI is InChI=1S/C11H23N/c1-10(2)7-5-9(6-8-10)11(3,4)12/h9H,5-8,12H2,1-4H3. The molecular weight excluding hydrogens is 146 g/mol. The van der Waals surface area contributed by atoms with Crippen molar-refractivity contribution in [3.05, 3.63) is 0 Å². The summed E-state index contributed by atoms with van der Waals surface area (Å²) >= 11 is 0. The molecule has 12 heavy (non-hydrogen) atoms. The Hall–Kier alpha value is -0.0400. The fourth-order valence-corrected chi connectivity index (χ4v) is 2.14. The highest BCUT2D eigenvalue weighted by atomic mass is 14.7. The maximum atomic E-state index is 6.10. The molecule has 0 aliphatic heterocycles. The molecule has 1 fully saturated rings. The van der Waals surface area contributed by atoms with Gasteiger partial charge in [0.05, 0.1) is 0 Å². The van der Waals surface area contributed by atoms with Crippen LogP contribution in [-0.2, 0) is 0 Å². The third-order valence-corrected chi connectivity index (χ3v) is 3.39. The van der Waals surface area contributed by atoms with Crippen LogP contribution in [0.2, 0.25) is 0 Å². The third kappa shape index (κ3) is 2.48. The summed E-state index contributed by atoms with van der Waals surface area (Å²) in [6.45, 7) is 9.06. The molecule has 1 saturated carbocycles. The first-order chi connectivity index (χ1) is 5.31. The molecule has 1 aliphatic rings. The van der Waals surface area contributed by atoms with E-state index in [1.54, 1.807) is 0 Å².